The molecule has 148 valence electrons. The molecule has 8 heteroatoms. The topological polar surface area (TPSA) is 81.8 Å². The minimum Gasteiger partial charge on any atom is -0.476 e. The first-order valence-electron chi connectivity index (χ1n) is 8.40. The number of nitrogens with one attached hydrogen (secondary N) is 1. The maximum Gasteiger partial charge on any atom is 0.232 e. The van der Waals surface area contributed by atoms with E-state index in [0.29, 0.717) is 42.5 Å². The Morgan fingerprint density at radius 1 is 1.33 bits per heavy atom. The van der Waals surface area contributed by atoms with Gasteiger partial charge in [0.1, 0.15) is 5.02 Å². The first-order chi connectivity index (χ1) is 12.5. The van der Waals surface area contributed by atoms with E-state index < -0.39 is 0 Å². The molecule has 0 amide bonds. The van der Waals surface area contributed by atoms with Crippen molar-refractivity contribution in [1.29, 1.82) is 0 Å². The predicted octanol–water partition coefficient (Wildman–Crippen LogP) is 4.46. The highest BCUT2D eigenvalue weighted by Crippen LogP contribution is 2.23. The molecule has 27 heavy (non-hydrogen) atoms. The summed E-state index contributed by atoms with van der Waals surface area (Å²) in [5, 5.41) is 3.56. The third-order valence-electron chi connectivity index (χ3n) is 3.43. The highest BCUT2D eigenvalue weighted by atomic mass is 127. The molecule has 0 saturated carbocycles. The van der Waals surface area contributed by atoms with E-state index in [1.54, 1.807) is 19.4 Å². The largest absolute Gasteiger partial charge is 0.476 e. The second-order valence-corrected chi connectivity index (χ2v) is 6.66. The van der Waals surface area contributed by atoms with E-state index in [1.807, 2.05) is 24.3 Å². The standard InChI is InChI=1S/C19H25ClN4O2.HI/c1-13(2)11-26-18-16(20)8-14(9-22-18)10-23-19(21)24-17-7-5-4-6-15(17)12-25-3;/h4-9,13H,10-12H2,1-3H3,(H3,21,23,24);1H. The summed E-state index contributed by atoms with van der Waals surface area (Å²) >= 11 is 6.22. The van der Waals surface area contributed by atoms with E-state index in [4.69, 9.17) is 26.8 Å². The van der Waals surface area contributed by atoms with Crippen molar-refractivity contribution >= 4 is 47.2 Å². The van der Waals surface area contributed by atoms with Crippen LogP contribution in [0.3, 0.4) is 0 Å². The molecule has 6 nitrogen and oxygen atoms in total. The van der Waals surface area contributed by atoms with Gasteiger partial charge in [-0.2, -0.15) is 0 Å². The molecule has 0 spiro atoms. The molecule has 3 N–H and O–H groups in total. The maximum absolute atomic E-state index is 6.22. The van der Waals surface area contributed by atoms with Gasteiger partial charge in [0, 0.05) is 24.6 Å². The molecule has 0 aliphatic heterocycles. The Balaban J connectivity index is 0.00000364. The molecule has 1 heterocycles. The molecule has 0 atom stereocenters. The van der Waals surface area contributed by atoms with E-state index in [1.165, 1.54) is 0 Å². The van der Waals surface area contributed by atoms with Gasteiger partial charge in [-0.25, -0.2) is 9.98 Å². The molecule has 0 radical (unpaired) electrons. The number of hydrogen-bond acceptors (Lipinski definition) is 4. The zero-order valence-electron chi connectivity index (χ0n) is 15.7. The van der Waals surface area contributed by atoms with E-state index in [2.05, 4.69) is 29.1 Å². The molecule has 0 fully saturated rings. The number of benzene rings is 1. The fraction of sp³-hybridized carbons (Fsp3) is 0.368. The van der Waals surface area contributed by atoms with Crippen molar-refractivity contribution in [3.05, 3.63) is 52.7 Å². The summed E-state index contributed by atoms with van der Waals surface area (Å²) in [7, 11) is 1.65. The number of nitrogens with two attached hydrogens (primary N) is 1. The quantitative estimate of drug-likeness (QED) is 0.315. The minimum atomic E-state index is 0. The number of guanidine groups is 1. The van der Waals surface area contributed by atoms with Crippen LogP contribution in [-0.2, 0) is 17.9 Å². The van der Waals surface area contributed by atoms with Crippen LogP contribution in [0, 0.1) is 5.92 Å². The first kappa shape index (κ1) is 23.5. The van der Waals surface area contributed by atoms with Gasteiger partial charge in [0.2, 0.25) is 5.88 Å². The van der Waals surface area contributed by atoms with Crippen LogP contribution in [0.5, 0.6) is 5.88 Å². The van der Waals surface area contributed by atoms with E-state index in [9.17, 15) is 0 Å². The summed E-state index contributed by atoms with van der Waals surface area (Å²) in [5.74, 6) is 1.15. The number of anilines is 1. The van der Waals surface area contributed by atoms with Crippen LogP contribution in [0.4, 0.5) is 5.69 Å². The molecule has 2 aromatic rings. The lowest BCUT2D eigenvalue weighted by atomic mass is 10.2. The summed E-state index contributed by atoms with van der Waals surface area (Å²) in [4.78, 5) is 8.59. The first-order valence-corrected chi connectivity index (χ1v) is 8.78. The average Bonchev–Trinajstić information content (AvgIpc) is 2.61. The van der Waals surface area contributed by atoms with Crippen LogP contribution in [0.1, 0.15) is 25.0 Å². The molecule has 1 aromatic carbocycles. The molecular formula is C19H26ClIN4O2. The lowest BCUT2D eigenvalue weighted by molar-refractivity contribution is 0.185. The van der Waals surface area contributed by atoms with Crippen molar-refractivity contribution in [1.82, 2.24) is 4.98 Å². The molecule has 1 aromatic heterocycles. The van der Waals surface area contributed by atoms with E-state index in [0.717, 1.165) is 16.8 Å². The molecule has 0 aliphatic rings. The third kappa shape index (κ3) is 7.90. The highest BCUT2D eigenvalue weighted by molar-refractivity contribution is 14.0. The number of methoxy groups -OCH3 is 1. The van der Waals surface area contributed by atoms with Gasteiger partial charge in [-0.3, -0.25) is 0 Å². The van der Waals surface area contributed by atoms with Gasteiger partial charge in [0.25, 0.3) is 0 Å². The summed E-state index contributed by atoms with van der Waals surface area (Å²) in [6.07, 6.45) is 1.69. The van der Waals surface area contributed by atoms with Gasteiger partial charge in [0.15, 0.2) is 5.96 Å². The number of rotatable bonds is 8. The molecule has 2 rings (SSSR count). The van der Waals surface area contributed by atoms with Crippen molar-refractivity contribution < 1.29 is 9.47 Å². The van der Waals surface area contributed by atoms with Crippen molar-refractivity contribution in [2.75, 3.05) is 19.0 Å². The van der Waals surface area contributed by atoms with Gasteiger partial charge in [-0.1, -0.05) is 43.6 Å². The zero-order chi connectivity index (χ0) is 18.9. The normalized spacial score (nSPS) is 11.2. The van der Waals surface area contributed by atoms with Crippen molar-refractivity contribution in [3.63, 3.8) is 0 Å². The maximum atomic E-state index is 6.22. The summed E-state index contributed by atoms with van der Waals surface area (Å²) in [6, 6.07) is 9.56. The van der Waals surface area contributed by atoms with Gasteiger partial charge < -0.3 is 20.5 Å². The summed E-state index contributed by atoms with van der Waals surface area (Å²) in [5.41, 5.74) is 8.71. The van der Waals surface area contributed by atoms with Crippen LogP contribution >= 0.6 is 35.6 Å². The van der Waals surface area contributed by atoms with Crippen LogP contribution in [-0.4, -0.2) is 24.7 Å². The molecule has 0 aliphatic carbocycles. The SMILES string of the molecule is COCc1ccccc1NC(N)=NCc1cnc(OCC(C)C)c(Cl)c1.I. The van der Waals surface area contributed by atoms with Gasteiger partial charge >= 0.3 is 0 Å². The van der Waals surface area contributed by atoms with Gasteiger partial charge in [-0.05, 0) is 23.6 Å². The van der Waals surface area contributed by atoms with Gasteiger partial charge in [0.05, 0.1) is 19.8 Å². The Hall–Kier alpha value is -1.58. The molecular weight excluding hydrogens is 479 g/mol. The van der Waals surface area contributed by atoms with Crippen molar-refractivity contribution in [2.45, 2.75) is 27.0 Å². The third-order valence-corrected chi connectivity index (χ3v) is 3.70. The van der Waals surface area contributed by atoms with Crippen LogP contribution in [0.25, 0.3) is 0 Å². The predicted molar refractivity (Wildman–Crippen MR) is 121 cm³/mol. The van der Waals surface area contributed by atoms with Crippen molar-refractivity contribution in [2.24, 2.45) is 16.6 Å². The fourth-order valence-electron chi connectivity index (χ4n) is 2.18. The van der Waals surface area contributed by atoms with E-state index in [-0.39, 0.29) is 24.0 Å². The molecule has 0 saturated heterocycles. The van der Waals surface area contributed by atoms with Crippen LogP contribution in [0.2, 0.25) is 5.02 Å². The molecule has 0 bridgehead atoms. The summed E-state index contributed by atoms with van der Waals surface area (Å²) < 4.78 is 10.7. The van der Waals surface area contributed by atoms with Crippen molar-refractivity contribution in [3.8, 4) is 5.88 Å². The summed E-state index contributed by atoms with van der Waals surface area (Å²) in [6.45, 7) is 5.56. The number of ether oxygens (including phenoxy) is 2. The second-order valence-electron chi connectivity index (χ2n) is 6.25. The zero-order valence-corrected chi connectivity index (χ0v) is 18.8. The van der Waals surface area contributed by atoms with E-state index >= 15 is 0 Å². The number of halogens is 2. The number of nitrogens with zero attached hydrogens (tertiary/aromatic N) is 2. The fourth-order valence-corrected chi connectivity index (χ4v) is 2.42. The molecule has 0 unspecified atom stereocenters. The Bertz CT molecular complexity index is 756. The number of aromatic nitrogens is 1. The Kier molecular flexibility index (Phi) is 10.4. The Morgan fingerprint density at radius 3 is 2.74 bits per heavy atom. The smallest absolute Gasteiger partial charge is 0.232 e. The van der Waals surface area contributed by atoms with Crippen LogP contribution in [0.15, 0.2) is 41.5 Å². The second kappa shape index (κ2) is 12.0. The minimum absolute atomic E-state index is 0. The monoisotopic (exact) mass is 504 g/mol. The average molecular weight is 505 g/mol. The number of pyridine rings is 1. The number of hydrogen-bond donors (Lipinski definition) is 2. The Labute approximate surface area is 182 Å². The van der Waals surface area contributed by atoms with Gasteiger partial charge in [-0.15, -0.1) is 24.0 Å². The number of aliphatic imine (C=N–C) groups is 1. The lowest BCUT2D eigenvalue weighted by Crippen LogP contribution is -2.23. The Morgan fingerprint density at radius 2 is 2.07 bits per heavy atom. The highest BCUT2D eigenvalue weighted by Gasteiger charge is 2.07. The lowest BCUT2D eigenvalue weighted by Gasteiger charge is -2.11. The van der Waals surface area contributed by atoms with Crippen LogP contribution < -0.4 is 15.8 Å². The number of para-hydroxylation sites is 1.